The van der Waals surface area contributed by atoms with Crippen LogP contribution in [0.3, 0.4) is 0 Å². The predicted octanol–water partition coefficient (Wildman–Crippen LogP) is 1.22. The molecule has 0 saturated heterocycles. The third-order valence-corrected chi connectivity index (χ3v) is 5.37. The molecule has 0 saturated carbocycles. The number of rotatable bonds is 5. The van der Waals surface area contributed by atoms with Crippen LogP contribution >= 0.6 is 0 Å². The van der Waals surface area contributed by atoms with Crippen molar-refractivity contribution in [1.29, 1.82) is 0 Å². The summed E-state index contributed by atoms with van der Waals surface area (Å²) in [5.74, 6) is 0. The molecule has 0 aliphatic rings. The number of aliphatic hydroxyl groups is 1. The minimum absolute atomic E-state index is 0.118. The minimum atomic E-state index is -3.74. The van der Waals surface area contributed by atoms with Crippen LogP contribution in [0.4, 0.5) is 0 Å². The lowest BCUT2D eigenvalue weighted by Crippen LogP contribution is -2.38. The molecular formula is C15H21N3O3S. The molecule has 0 amide bonds. The fourth-order valence-corrected chi connectivity index (χ4v) is 3.92. The van der Waals surface area contributed by atoms with Crippen LogP contribution in [0.5, 0.6) is 0 Å². The zero-order valence-electron chi connectivity index (χ0n) is 13.2. The van der Waals surface area contributed by atoms with Gasteiger partial charge >= 0.3 is 0 Å². The summed E-state index contributed by atoms with van der Waals surface area (Å²) in [6, 6.07) is 8.96. The third kappa shape index (κ3) is 3.21. The summed E-state index contributed by atoms with van der Waals surface area (Å²) >= 11 is 0. The molecule has 0 aliphatic heterocycles. The first-order chi connectivity index (χ1) is 10.1. The van der Waals surface area contributed by atoms with Gasteiger partial charge in [0.2, 0.25) is 10.0 Å². The van der Waals surface area contributed by atoms with E-state index < -0.39 is 15.6 Å². The summed E-state index contributed by atoms with van der Waals surface area (Å²) in [6.45, 7) is 4.81. The number of sulfonamides is 1. The molecule has 22 heavy (non-hydrogen) atoms. The summed E-state index contributed by atoms with van der Waals surface area (Å²) in [4.78, 5) is 0.166. The molecule has 1 aromatic heterocycles. The average Bonchev–Trinajstić information content (AvgIpc) is 2.72. The van der Waals surface area contributed by atoms with Gasteiger partial charge in [0, 0.05) is 13.6 Å². The number of aryl methyl sites for hydroxylation is 2. The lowest BCUT2D eigenvalue weighted by molar-refractivity contribution is 0.0627. The van der Waals surface area contributed by atoms with Crippen molar-refractivity contribution in [2.75, 3.05) is 6.54 Å². The van der Waals surface area contributed by atoms with Gasteiger partial charge in [0.15, 0.2) is 0 Å². The summed E-state index contributed by atoms with van der Waals surface area (Å²) in [5.41, 5.74) is 0.353. The molecule has 0 fully saturated rings. The van der Waals surface area contributed by atoms with Crippen molar-refractivity contribution in [3.05, 3.63) is 47.3 Å². The SMILES string of the molecule is Cc1nn(C)c(C)c1S(=O)(=O)NCC(C)(O)c1ccccc1. The van der Waals surface area contributed by atoms with E-state index in [2.05, 4.69) is 9.82 Å². The Kier molecular flexibility index (Phi) is 4.42. The van der Waals surface area contributed by atoms with E-state index in [9.17, 15) is 13.5 Å². The van der Waals surface area contributed by atoms with E-state index in [1.807, 2.05) is 6.07 Å². The van der Waals surface area contributed by atoms with E-state index in [1.54, 1.807) is 52.1 Å². The second-order valence-electron chi connectivity index (χ2n) is 5.59. The number of nitrogens with one attached hydrogen (secondary N) is 1. The first-order valence-corrected chi connectivity index (χ1v) is 8.41. The van der Waals surface area contributed by atoms with E-state index in [-0.39, 0.29) is 11.4 Å². The highest BCUT2D eigenvalue weighted by Crippen LogP contribution is 2.22. The van der Waals surface area contributed by atoms with Gasteiger partial charge in [0.05, 0.1) is 11.4 Å². The number of aromatic nitrogens is 2. The maximum Gasteiger partial charge on any atom is 0.244 e. The van der Waals surface area contributed by atoms with Crippen molar-refractivity contribution in [2.45, 2.75) is 31.3 Å². The fourth-order valence-electron chi connectivity index (χ4n) is 2.35. The molecule has 2 N–H and O–H groups in total. The van der Waals surface area contributed by atoms with Crippen LogP contribution in [0, 0.1) is 13.8 Å². The Morgan fingerprint density at radius 2 is 1.86 bits per heavy atom. The van der Waals surface area contributed by atoms with Gasteiger partial charge in [-0.15, -0.1) is 0 Å². The van der Waals surface area contributed by atoms with Crippen LogP contribution in [0.2, 0.25) is 0 Å². The summed E-state index contributed by atoms with van der Waals surface area (Å²) in [7, 11) is -2.04. The predicted molar refractivity (Wildman–Crippen MR) is 83.9 cm³/mol. The van der Waals surface area contributed by atoms with Gasteiger partial charge in [-0.2, -0.15) is 5.10 Å². The quantitative estimate of drug-likeness (QED) is 0.866. The number of nitrogens with zero attached hydrogens (tertiary/aromatic N) is 2. The number of hydrogen-bond acceptors (Lipinski definition) is 4. The highest BCUT2D eigenvalue weighted by Gasteiger charge is 2.29. The zero-order chi connectivity index (χ0) is 16.5. The molecular weight excluding hydrogens is 302 g/mol. The largest absolute Gasteiger partial charge is 0.384 e. The lowest BCUT2D eigenvalue weighted by Gasteiger charge is -2.24. The van der Waals surface area contributed by atoms with E-state index in [4.69, 9.17) is 0 Å². The van der Waals surface area contributed by atoms with Crippen LogP contribution in [0.25, 0.3) is 0 Å². The van der Waals surface area contributed by atoms with Gasteiger partial charge in [-0.05, 0) is 26.3 Å². The topological polar surface area (TPSA) is 84.2 Å². The molecule has 0 spiro atoms. The Hall–Kier alpha value is -1.70. The first kappa shape index (κ1) is 16.7. The van der Waals surface area contributed by atoms with E-state index in [0.29, 0.717) is 17.0 Å². The van der Waals surface area contributed by atoms with Crippen LogP contribution in [-0.2, 0) is 22.7 Å². The molecule has 0 bridgehead atoms. The van der Waals surface area contributed by atoms with Crippen molar-refractivity contribution < 1.29 is 13.5 Å². The Morgan fingerprint density at radius 1 is 1.27 bits per heavy atom. The second-order valence-corrected chi connectivity index (χ2v) is 7.29. The van der Waals surface area contributed by atoms with Crippen molar-refractivity contribution >= 4 is 10.0 Å². The van der Waals surface area contributed by atoms with Crippen molar-refractivity contribution in [3.63, 3.8) is 0 Å². The maximum absolute atomic E-state index is 12.5. The van der Waals surface area contributed by atoms with Crippen LogP contribution in [-0.4, -0.2) is 29.8 Å². The van der Waals surface area contributed by atoms with Crippen LogP contribution in [0.1, 0.15) is 23.9 Å². The lowest BCUT2D eigenvalue weighted by atomic mass is 9.97. The van der Waals surface area contributed by atoms with E-state index in [0.717, 1.165) is 0 Å². The molecule has 2 aromatic rings. The molecule has 1 atom stereocenters. The van der Waals surface area contributed by atoms with Crippen molar-refractivity contribution in [3.8, 4) is 0 Å². The van der Waals surface area contributed by atoms with Gasteiger partial charge in [-0.25, -0.2) is 13.1 Å². The molecule has 1 aromatic carbocycles. The van der Waals surface area contributed by atoms with Gasteiger partial charge in [0.25, 0.3) is 0 Å². The number of hydrogen-bond donors (Lipinski definition) is 2. The molecule has 2 rings (SSSR count). The minimum Gasteiger partial charge on any atom is -0.384 e. The van der Waals surface area contributed by atoms with Crippen molar-refractivity contribution in [1.82, 2.24) is 14.5 Å². The Balaban J connectivity index is 2.23. The zero-order valence-corrected chi connectivity index (χ0v) is 14.0. The normalized spacial score (nSPS) is 14.8. The highest BCUT2D eigenvalue weighted by molar-refractivity contribution is 7.89. The molecule has 0 aliphatic carbocycles. The fraction of sp³-hybridized carbons (Fsp3) is 0.400. The Morgan fingerprint density at radius 3 is 2.36 bits per heavy atom. The van der Waals surface area contributed by atoms with Crippen LogP contribution in [0.15, 0.2) is 35.2 Å². The third-order valence-electron chi connectivity index (χ3n) is 3.71. The summed E-state index contributed by atoms with van der Waals surface area (Å²) < 4.78 is 29.0. The summed E-state index contributed by atoms with van der Waals surface area (Å²) in [6.07, 6.45) is 0. The molecule has 7 heteroatoms. The Labute approximate surface area is 130 Å². The first-order valence-electron chi connectivity index (χ1n) is 6.93. The van der Waals surface area contributed by atoms with E-state index >= 15 is 0 Å². The molecule has 120 valence electrons. The van der Waals surface area contributed by atoms with Gasteiger partial charge in [-0.1, -0.05) is 30.3 Å². The monoisotopic (exact) mass is 323 g/mol. The smallest absolute Gasteiger partial charge is 0.244 e. The van der Waals surface area contributed by atoms with Gasteiger partial charge < -0.3 is 5.11 Å². The highest BCUT2D eigenvalue weighted by atomic mass is 32.2. The van der Waals surface area contributed by atoms with E-state index in [1.165, 1.54) is 4.68 Å². The van der Waals surface area contributed by atoms with Gasteiger partial charge in [-0.3, -0.25) is 4.68 Å². The number of benzene rings is 1. The second kappa shape index (κ2) is 5.83. The maximum atomic E-state index is 12.5. The van der Waals surface area contributed by atoms with Gasteiger partial charge in [0.1, 0.15) is 10.5 Å². The molecule has 0 radical (unpaired) electrons. The summed E-state index contributed by atoms with van der Waals surface area (Å²) in [5, 5.41) is 14.6. The molecule has 1 heterocycles. The van der Waals surface area contributed by atoms with Crippen LogP contribution < -0.4 is 4.72 Å². The van der Waals surface area contributed by atoms with Crippen molar-refractivity contribution in [2.24, 2.45) is 7.05 Å². The molecule has 1 unspecified atom stereocenters. The Bertz CT molecular complexity index is 765. The molecule has 6 nitrogen and oxygen atoms in total. The standard InChI is InChI=1S/C15H21N3O3S/c1-11-14(12(2)18(4)17-11)22(20,21)16-10-15(3,19)13-8-6-5-7-9-13/h5-9,16,19H,10H2,1-4H3. The average molecular weight is 323 g/mol.